The highest BCUT2D eigenvalue weighted by Crippen LogP contribution is 2.23. The molecule has 1 aromatic rings. The van der Waals surface area contributed by atoms with E-state index in [0.717, 1.165) is 5.82 Å². The monoisotopic (exact) mass is 228 g/mol. The Kier molecular flexibility index (Phi) is 3.28. The predicted molar refractivity (Wildman–Crippen MR) is 60.9 cm³/mol. The van der Waals surface area contributed by atoms with Crippen LogP contribution in [0.25, 0.3) is 0 Å². The SMILES string of the molecule is CC(Nc1nc(C(C)(C)C)ns1)C(N)=O. The molecule has 1 amide bonds. The minimum Gasteiger partial charge on any atom is -0.368 e. The summed E-state index contributed by atoms with van der Waals surface area (Å²) in [4.78, 5) is 15.1. The highest BCUT2D eigenvalue weighted by molar-refractivity contribution is 7.09. The van der Waals surface area contributed by atoms with Gasteiger partial charge < -0.3 is 11.1 Å². The van der Waals surface area contributed by atoms with Crippen LogP contribution in [-0.2, 0) is 10.2 Å². The van der Waals surface area contributed by atoms with E-state index in [0.29, 0.717) is 5.13 Å². The summed E-state index contributed by atoms with van der Waals surface area (Å²) in [5.74, 6) is 0.370. The van der Waals surface area contributed by atoms with Crippen molar-refractivity contribution in [2.75, 3.05) is 5.32 Å². The number of hydrogen-bond acceptors (Lipinski definition) is 5. The van der Waals surface area contributed by atoms with E-state index in [9.17, 15) is 4.79 Å². The number of rotatable bonds is 3. The molecule has 0 saturated carbocycles. The van der Waals surface area contributed by atoms with Gasteiger partial charge in [0.15, 0.2) is 0 Å². The van der Waals surface area contributed by atoms with Gasteiger partial charge in [0.2, 0.25) is 11.0 Å². The van der Waals surface area contributed by atoms with Gasteiger partial charge in [-0.25, -0.2) is 4.98 Å². The van der Waals surface area contributed by atoms with Gasteiger partial charge in [-0.15, -0.1) is 0 Å². The van der Waals surface area contributed by atoms with Crippen molar-refractivity contribution < 1.29 is 4.79 Å². The molecule has 0 bridgehead atoms. The minimum absolute atomic E-state index is 0.0770. The van der Waals surface area contributed by atoms with Crippen LogP contribution in [0.1, 0.15) is 33.5 Å². The molecule has 1 heterocycles. The first-order valence-electron chi connectivity index (χ1n) is 4.71. The Morgan fingerprint density at radius 1 is 1.53 bits per heavy atom. The third kappa shape index (κ3) is 3.16. The highest BCUT2D eigenvalue weighted by atomic mass is 32.1. The number of carbonyl (C=O) groups is 1. The molecule has 84 valence electrons. The molecular formula is C9H16N4OS. The number of aromatic nitrogens is 2. The normalized spacial score (nSPS) is 13.6. The maximum absolute atomic E-state index is 10.8. The summed E-state index contributed by atoms with van der Waals surface area (Å²) in [5, 5.41) is 3.53. The molecule has 5 nitrogen and oxygen atoms in total. The zero-order valence-electron chi connectivity index (χ0n) is 9.37. The molecule has 0 aliphatic carbocycles. The second-order valence-corrected chi connectivity index (χ2v) is 5.19. The average Bonchev–Trinajstić information content (AvgIpc) is 2.51. The number of hydrogen-bond donors (Lipinski definition) is 2. The van der Waals surface area contributed by atoms with Gasteiger partial charge in [-0.05, 0) is 6.92 Å². The number of amides is 1. The van der Waals surface area contributed by atoms with Crippen molar-refractivity contribution in [3.63, 3.8) is 0 Å². The van der Waals surface area contributed by atoms with E-state index in [1.54, 1.807) is 6.92 Å². The zero-order chi connectivity index (χ0) is 11.6. The van der Waals surface area contributed by atoms with Crippen LogP contribution in [0, 0.1) is 0 Å². The topological polar surface area (TPSA) is 80.9 Å². The predicted octanol–water partition coefficient (Wildman–Crippen LogP) is 1.12. The molecule has 0 aliphatic heterocycles. The van der Waals surface area contributed by atoms with E-state index in [-0.39, 0.29) is 5.41 Å². The van der Waals surface area contributed by atoms with Crippen LogP contribution in [-0.4, -0.2) is 21.3 Å². The zero-order valence-corrected chi connectivity index (χ0v) is 10.2. The molecule has 0 radical (unpaired) electrons. The van der Waals surface area contributed by atoms with Crippen LogP contribution in [0.4, 0.5) is 5.13 Å². The molecule has 0 saturated heterocycles. The molecule has 1 atom stereocenters. The Labute approximate surface area is 93.3 Å². The fourth-order valence-corrected chi connectivity index (χ4v) is 1.69. The molecule has 1 unspecified atom stereocenters. The van der Waals surface area contributed by atoms with Crippen molar-refractivity contribution in [1.29, 1.82) is 0 Å². The van der Waals surface area contributed by atoms with Gasteiger partial charge in [-0.3, -0.25) is 4.79 Å². The third-order valence-corrected chi connectivity index (χ3v) is 2.51. The van der Waals surface area contributed by atoms with E-state index in [1.807, 2.05) is 20.8 Å². The number of nitrogens with one attached hydrogen (secondary N) is 1. The summed E-state index contributed by atoms with van der Waals surface area (Å²) in [7, 11) is 0. The summed E-state index contributed by atoms with van der Waals surface area (Å²) in [6.07, 6.45) is 0. The molecular weight excluding hydrogens is 212 g/mol. The van der Waals surface area contributed by atoms with E-state index in [2.05, 4.69) is 14.7 Å². The summed E-state index contributed by atoms with van der Waals surface area (Å²) in [6.45, 7) is 7.81. The minimum atomic E-state index is -0.425. The van der Waals surface area contributed by atoms with Crippen molar-refractivity contribution in [3.8, 4) is 0 Å². The first-order valence-corrected chi connectivity index (χ1v) is 5.48. The maximum Gasteiger partial charge on any atom is 0.239 e. The second-order valence-electron chi connectivity index (χ2n) is 4.44. The van der Waals surface area contributed by atoms with Crippen LogP contribution < -0.4 is 11.1 Å². The summed E-state index contributed by atoms with van der Waals surface area (Å²) in [5.41, 5.74) is 5.05. The molecule has 3 N–H and O–H groups in total. The van der Waals surface area contributed by atoms with Gasteiger partial charge in [-0.2, -0.15) is 4.37 Å². The van der Waals surface area contributed by atoms with E-state index in [4.69, 9.17) is 5.73 Å². The van der Waals surface area contributed by atoms with Crippen LogP contribution in [0.2, 0.25) is 0 Å². The van der Waals surface area contributed by atoms with Gasteiger partial charge in [0.05, 0.1) is 0 Å². The Bertz CT molecular complexity index is 355. The van der Waals surface area contributed by atoms with Crippen molar-refractivity contribution in [2.24, 2.45) is 5.73 Å². The maximum atomic E-state index is 10.8. The van der Waals surface area contributed by atoms with E-state index >= 15 is 0 Å². The molecule has 6 heteroatoms. The van der Waals surface area contributed by atoms with Crippen molar-refractivity contribution in [3.05, 3.63) is 5.82 Å². The van der Waals surface area contributed by atoms with E-state index < -0.39 is 11.9 Å². The summed E-state index contributed by atoms with van der Waals surface area (Å²) < 4.78 is 4.22. The lowest BCUT2D eigenvalue weighted by Crippen LogP contribution is -2.32. The molecule has 1 rings (SSSR count). The van der Waals surface area contributed by atoms with E-state index in [1.165, 1.54) is 11.5 Å². The molecule has 0 aliphatic rings. The molecule has 0 aromatic carbocycles. The fourth-order valence-electron chi connectivity index (χ4n) is 0.843. The van der Waals surface area contributed by atoms with Crippen LogP contribution in [0.5, 0.6) is 0 Å². The number of primary amides is 1. The quantitative estimate of drug-likeness (QED) is 0.812. The largest absolute Gasteiger partial charge is 0.368 e. The van der Waals surface area contributed by atoms with Gasteiger partial charge in [0.1, 0.15) is 11.9 Å². The van der Waals surface area contributed by atoms with Crippen LogP contribution in [0.15, 0.2) is 0 Å². The van der Waals surface area contributed by atoms with Gasteiger partial charge in [-0.1, -0.05) is 20.8 Å². The van der Waals surface area contributed by atoms with Crippen molar-refractivity contribution in [2.45, 2.75) is 39.2 Å². The second kappa shape index (κ2) is 4.14. The van der Waals surface area contributed by atoms with Crippen LogP contribution >= 0.6 is 11.5 Å². The van der Waals surface area contributed by atoms with Gasteiger partial charge in [0, 0.05) is 16.9 Å². The molecule has 1 aromatic heterocycles. The van der Waals surface area contributed by atoms with Gasteiger partial charge in [0.25, 0.3) is 0 Å². The molecule has 15 heavy (non-hydrogen) atoms. The van der Waals surface area contributed by atoms with Crippen LogP contribution in [0.3, 0.4) is 0 Å². The fraction of sp³-hybridized carbons (Fsp3) is 0.667. The molecule has 0 spiro atoms. The van der Waals surface area contributed by atoms with Crippen molar-refractivity contribution >= 4 is 22.6 Å². The average molecular weight is 228 g/mol. The lowest BCUT2D eigenvalue weighted by Gasteiger charge is -2.12. The number of carbonyl (C=O) groups excluding carboxylic acids is 1. The Morgan fingerprint density at radius 3 is 2.53 bits per heavy atom. The van der Waals surface area contributed by atoms with Gasteiger partial charge >= 0.3 is 0 Å². The smallest absolute Gasteiger partial charge is 0.239 e. The lowest BCUT2D eigenvalue weighted by atomic mass is 9.96. The first kappa shape index (κ1) is 11.9. The number of nitrogens with two attached hydrogens (primary N) is 1. The standard InChI is InChI=1S/C9H16N4OS/c1-5(6(10)14)11-8-12-7(13-15-8)9(2,3)4/h5H,1-4H3,(H2,10,14)(H,11,12,13). The third-order valence-electron chi connectivity index (χ3n) is 1.86. The Morgan fingerprint density at radius 2 is 2.13 bits per heavy atom. The van der Waals surface area contributed by atoms with Crippen molar-refractivity contribution in [1.82, 2.24) is 9.36 Å². The first-order chi connectivity index (χ1) is 6.80. The highest BCUT2D eigenvalue weighted by Gasteiger charge is 2.20. The summed E-state index contributed by atoms with van der Waals surface area (Å²) in [6, 6.07) is -0.425. The molecule has 0 fully saturated rings. The summed E-state index contributed by atoms with van der Waals surface area (Å²) >= 11 is 1.24. The number of anilines is 1. The number of nitrogens with zero attached hydrogens (tertiary/aromatic N) is 2. The Hall–Kier alpha value is -1.17. The lowest BCUT2D eigenvalue weighted by molar-refractivity contribution is -0.118. The Balaban J connectivity index is 2.73.